The van der Waals surface area contributed by atoms with Crippen LogP contribution >= 0.6 is 11.6 Å². The molecule has 41 heavy (non-hydrogen) atoms. The second kappa shape index (κ2) is 13.3. The number of ether oxygens (including phenoxy) is 2. The summed E-state index contributed by atoms with van der Waals surface area (Å²) in [5.41, 5.74) is -2.82. The fourth-order valence-corrected chi connectivity index (χ4v) is 5.38. The highest BCUT2D eigenvalue weighted by molar-refractivity contribution is 6.30. The van der Waals surface area contributed by atoms with Gasteiger partial charge in [0.15, 0.2) is 0 Å². The molecule has 2 heterocycles. The first-order valence-electron chi connectivity index (χ1n) is 13.2. The van der Waals surface area contributed by atoms with E-state index in [1.54, 1.807) is 31.4 Å². The van der Waals surface area contributed by atoms with E-state index in [1.165, 1.54) is 4.90 Å². The number of alkyl halides is 6. The van der Waals surface area contributed by atoms with Crippen LogP contribution in [0.3, 0.4) is 0 Å². The van der Waals surface area contributed by atoms with E-state index in [-0.39, 0.29) is 18.7 Å². The summed E-state index contributed by atoms with van der Waals surface area (Å²) in [5.74, 6) is -0.865. The van der Waals surface area contributed by atoms with Gasteiger partial charge in [0.1, 0.15) is 0 Å². The Bertz CT molecular complexity index is 1140. The summed E-state index contributed by atoms with van der Waals surface area (Å²) in [4.78, 5) is 19.4. The Hall–Kier alpha value is -2.38. The Morgan fingerprint density at radius 2 is 1.54 bits per heavy atom. The van der Waals surface area contributed by atoms with Crippen molar-refractivity contribution in [1.82, 2.24) is 14.7 Å². The van der Waals surface area contributed by atoms with E-state index in [9.17, 15) is 31.1 Å². The highest BCUT2D eigenvalue weighted by Crippen LogP contribution is 2.37. The highest BCUT2D eigenvalue weighted by atomic mass is 35.5. The predicted molar refractivity (Wildman–Crippen MR) is 141 cm³/mol. The van der Waals surface area contributed by atoms with Gasteiger partial charge in [-0.15, -0.1) is 0 Å². The molecule has 6 nitrogen and oxygen atoms in total. The van der Waals surface area contributed by atoms with Gasteiger partial charge in [0.25, 0.3) is 5.91 Å². The standard InChI is InChI=1S/C28H32ClF6N3O3/c1-40-18-25-17-37(10-11-41-25)7-6-36-8-9-38(24(16-36)12-19-2-4-23(29)5-3-19)26(39)20-13-21(27(30,31)32)15-22(14-20)28(33,34)35/h2-5,13-15,24-25H,6-12,16-18H2,1H3/t24-,25+/m1/s1. The molecule has 226 valence electrons. The third-order valence-electron chi connectivity index (χ3n) is 7.35. The van der Waals surface area contributed by atoms with Crippen molar-refractivity contribution in [2.75, 3.05) is 66.1 Å². The number of hydrogen-bond acceptors (Lipinski definition) is 5. The molecule has 2 aromatic carbocycles. The normalized spacial score (nSPS) is 21.3. The molecule has 0 bridgehead atoms. The van der Waals surface area contributed by atoms with E-state index in [1.807, 2.05) is 0 Å². The molecule has 0 N–H and O–H groups in total. The number of methoxy groups -OCH3 is 1. The Balaban J connectivity index is 1.54. The topological polar surface area (TPSA) is 45.2 Å². The molecule has 0 spiro atoms. The number of morpholine rings is 1. The summed E-state index contributed by atoms with van der Waals surface area (Å²) < 4.78 is 91.7. The summed E-state index contributed by atoms with van der Waals surface area (Å²) in [6.07, 6.45) is -9.74. The quantitative estimate of drug-likeness (QED) is 0.391. The largest absolute Gasteiger partial charge is 0.416 e. The maximum Gasteiger partial charge on any atom is 0.416 e. The molecule has 0 aliphatic carbocycles. The van der Waals surface area contributed by atoms with Crippen LogP contribution in [0.15, 0.2) is 42.5 Å². The third kappa shape index (κ3) is 8.57. The SMILES string of the molecule is COC[C@@H]1CN(CCN2CCN(C(=O)c3cc(C(F)(F)F)cc(C(F)(F)F)c3)[C@H](Cc3ccc(Cl)cc3)C2)CCO1. The molecule has 2 fully saturated rings. The van der Waals surface area contributed by atoms with E-state index < -0.39 is 41.0 Å². The number of hydrogen-bond donors (Lipinski definition) is 0. The first-order chi connectivity index (χ1) is 19.3. The minimum absolute atomic E-state index is 0.0186. The van der Waals surface area contributed by atoms with Crippen LogP contribution in [0.1, 0.15) is 27.0 Å². The molecule has 2 aliphatic rings. The molecule has 0 radical (unpaired) electrons. The number of rotatable bonds is 8. The van der Waals surface area contributed by atoms with Crippen LogP contribution in [0, 0.1) is 0 Å². The van der Waals surface area contributed by atoms with E-state index >= 15 is 0 Å². The highest BCUT2D eigenvalue weighted by Gasteiger charge is 2.39. The first kappa shape index (κ1) is 31.6. The van der Waals surface area contributed by atoms with Crippen molar-refractivity contribution in [2.45, 2.75) is 30.9 Å². The van der Waals surface area contributed by atoms with Crippen LogP contribution < -0.4 is 0 Å². The van der Waals surface area contributed by atoms with Crippen LogP contribution in [0.2, 0.25) is 5.02 Å². The summed E-state index contributed by atoms with van der Waals surface area (Å²) in [6, 6.07) is 7.52. The van der Waals surface area contributed by atoms with Gasteiger partial charge < -0.3 is 14.4 Å². The van der Waals surface area contributed by atoms with Gasteiger partial charge in [-0.25, -0.2) is 0 Å². The lowest BCUT2D eigenvalue weighted by molar-refractivity contribution is -0.143. The van der Waals surface area contributed by atoms with E-state index in [0.29, 0.717) is 56.4 Å². The first-order valence-corrected chi connectivity index (χ1v) is 13.6. The van der Waals surface area contributed by atoms with Crippen molar-refractivity contribution >= 4 is 17.5 Å². The fourth-order valence-electron chi connectivity index (χ4n) is 5.25. The molecule has 0 unspecified atom stereocenters. The molecule has 0 saturated carbocycles. The van der Waals surface area contributed by atoms with Crippen LogP contribution in [0.4, 0.5) is 26.3 Å². The lowest BCUT2D eigenvalue weighted by Gasteiger charge is -2.43. The van der Waals surface area contributed by atoms with Gasteiger partial charge in [-0.05, 0) is 42.3 Å². The van der Waals surface area contributed by atoms with Crippen LogP contribution in [-0.4, -0.2) is 98.9 Å². The van der Waals surface area contributed by atoms with Crippen molar-refractivity contribution in [1.29, 1.82) is 0 Å². The summed E-state index contributed by atoms with van der Waals surface area (Å²) in [5, 5.41) is 0.521. The van der Waals surface area contributed by atoms with Crippen molar-refractivity contribution in [3.05, 3.63) is 69.7 Å². The smallest absolute Gasteiger partial charge is 0.382 e. The molecule has 2 saturated heterocycles. The second-order valence-electron chi connectivity index (χ2n) is 10.3. The second-order valence-corrected chi connectivity index (χ2v) is 10.8. The van der Waals surface area contributed by atoms with Crippen LogP contribution in [-0.2, 0) is 28.2 Å². The predicted octanol–water partition coefficient (Wildman–Crippen LogP) is 5.09. The van der Waals surface area contributed by atoms with Crippen molar-refractivity contribution in [3.8, 4) is 0 Å². The van der Waals surface area contributed by atoms with Gasteiger partial charge in [-0.2, -0.15) is 26.3 Å². The molecular weight excluding hydrogens is 576 g/mol. The molecule has 0 aromatic heterocycles. The van der Waals surface area contributed by atoms with Gasteiger partial charge in [-0.3, -0.25) is 14.6 Å². The number of carbonyl (C=O) groups is 1. The lowest BCUT2D eigenvalue weighted by atomic mass is 9.99. The molecule has 2 atom stereocenters. The van der Waals surface area contributed by atoms with E-state index in [4.69, 9.17) is 21.1 Å². The molecule has 4 rings (SSSR count). The van der Waals surface area contributed by atoms with Gasteiger partial charge >= 0.3 is 12.4 Å². The van der Waals surface area contributed by atoms with E-state index in [2.05, 4.69) is 9.80 Å². The Labute approximate surface area is 239 Å². The number of halogens is 7. The third-order valence-corrected chi connectivity index (χ3v) is 7.61. The minimum atomic E-state index is -5.04. The van der Waals surface area contributed by atoms with Gasteiger partial charge in [0, 0.05) is 69.6 Å². The van der Waals surface area contributed by atoms with Gasteiger partial charge in [0.05, 0.1) is 30.4 Å². The van der Waals surface area contributed by atoms with Crippen molar-refractivity contribution in [3.63, 3.8) is 0 Å². The number of benzene rings is 2. The minimum Gasteiger partial charge on any atom is -0.382 e. The molecule has 2 aliphatic heterocycles. The molecular formula is C28H32ClF6N3O3. The van der Waals surface area contributed by atoms with Crippen molar-refractivity contribution in [2.24, 2.45) is 0 Å². The Morgan fingerprint density at radius 3 is 2.12 bits per heavy atom. The fraction of sp³-hybridized carbons (Fsp3) is 0.536. The summed E-state index contributed by atoms with van der Waals surface area (Å²) >= 11 is 6.01. The zero-order chi connectivity index (χ0) is 29.8. The average Bonchev–Trinajstić information content (AvgIpc) is 2.92. The lowest BCUT2D eigenvalue weighted by Crippen LogP contribution is -2.57. The van der Waals surface area contributed by atoms with Crippen LogP contribution in [0.5, 0.6) is 0 Å². The number of amides is 1. The molecule has 13 heteroatoms. The van der Waals surface area contributed by atoms with E-state index in [0.717, 1.165) is 25.2 Å². The summed E-state index contributed by atoms with van der Waals surface area (Å²) in [7, 11) is 1.62. The number of nitrogens with zero attached hydrogens (tertiary/aromatic N) is 3. The maximum absolute atomic E-state index is 13.5. The zero-order valence-corrected chi connectivity index (χ0v) is 23.2. The number of piperazine rings is 1. The maximum atomic E-state index is 13.5. The Kier molecular flexibility index (Phi) is 10.2. The van der Waals surface area contributed by atoms with Gasteiger partial charge in [0.2, 0.25) is 0 Å². The Morgan fingerprint density at radius 1 is 0.927 bits per heavy atom. The average molecular weight is 608 g/mol. The van der Waals surface area contributed by atoms with Gasteiger partial charge in [-0.1, -0.05) is 23.7 Å². The zero-order valence-electron chi connectivity index (χ0n) is 22.5. The summed E-state index contributed by atoms with van der Waals surface area (Å²) in [6.45, 7) is 4.99. The monoisotopic (exact) mass is 607 g/mol. The van der Waals surface area contributed by atoms with Crippen molar-refractivity contribution < 1.29 is 40.6 Å². The van der Waals surface area contributed by atoms with Crippen LogP contribution in [0.25, 0.3) is 0 Å². The molecule has 1 amide bonds. The molecule has 2 aromatic rings. The number of carbonyl (C=O) groups excluding carboxylic acids is 1.